The van der Waals surface area contributed by atoms with Crippen LogP contribution < -0.4 is 9.62 Å². The first-order valence-corrected chi connectivity index (χ1v) is 10.7. The summed E-state index contributed by atoms with van der Waals surface area (Å²) in [5, 5.41) is 4.44. The van der Waals surface area contributed by atoms with Crippen LogP contribution in [0.25, 0.3) is 11.4 Å². The minimum atomic E-state index is -3.82. The Bertz CT molecular complexity index is 1180. The molecule has 0 unspecified atom stereocenters. The van der Waals surface area contributed by atoms with Crippen LogP contribution in [0, 0.1) is 0 Å². The van der Waals surface area contributed by atoms with Gasteiger partial charge in [0, 0.05) is 29.7 Å². The fourth-order valence-electron chi connectivity index (χ4n) is 3.14. The lowest BCUT2D eigenvalue weighted by Gasteiger charge is -2.15. The van der Waals surface area contributed by atoms with Gasteiger partial charge in [0.2, 0.25) is 27.6 Å². The summed E-state index contributed by atoms with van der Waals surface area (Å²) < 4.78 is 32.9. The van der Waals surface area contributed by atoms with Crippen LogP contribution in [-0.2, 0) is 27.8 Å². The van der Waals surface area contributed by atoms with Crippen LogP contribution in [0.2, 0.25) is 5.02 Å². The van der Waals surface area contributed by atoms with E-state index in [4.69, 9.17) is 16.1 Å². The van der Waals surface area contributed by atoms with Crippen LogP contribution in [-0.4, -0.2) is 31.0 Å². The Morgan fingerprint density at radius 3 is 2.72 bits per heavy atom. The van der Waals surface area contributed by atoms with Crippen molar-refractivity contribution in [2.24, 2.45) is 0 Å². The second-order valence-corrected chi connectivity index (χ2v) is 8.76. The number of sulfonamides is 1. The number of fused-ring (bicyclic) bond motifs is 1. The molecule has 0 radical (unpaired) electrons. The molecule has 150 valence electrons. The Labute approximate surface area is 172 Å². The van der Waals surface area contributed by atoms with E-state index in [2.05, 4.69) is 14.9 Å². The minimum absolute atomic E-state index is 0.0711. The molecule has 29 heavy (non-hydrogen) atoms. The lowest BCUT2D eigenvalue weighted by molar-refractivity contribution is -0.116. The maximum atomic E-state index is 12.7. The van der Waals surface area contributed by atoms with Gasteiger partial charge in [-0.3, -0.25) is 4.79 Å². The van der Waals surface area contributed by atoms with E-state index in [0.29, 0.717) is 35.1 Å². The molecule has 0 fully saturated rings. The first kappa shape index (κ1) is 19.6. The van der Waals surface area contributed by atoms with Gasteiger partial charge in [0.05, 0.1) is 11.4 Å². The van der Waals surface area contributed by atoms with Crippen molar-refractivity contribution in [3.05, 3.63) is 58.9 Å². The van der Waals surface area contributed by atoms with E-state index in [1.165, 1.54) is 19.1 Å². The van der Waals surface area contributed by atoms with E-state index in [0.717, 1.165) is 5.56 Å². The number of carbonyl (C=O) groups is 1. The smallest absolute Gasteiger partial charge is 0.242 e. The maximum Gasteiger partial charge on any atom is 0.242 e. The van der Waals surface area contributed by atoms with Crippen molar-refractivity contribution in [1.29, 1.82) is 0 Å². The summed E-state index contributed by atoms with van der Waals surface area (Å²) in [5.41, 5.74) is 2.28. The zero-order valence-electron chi connectivity index (χ0n) is 15.4. The van der Waals surface area contributed by atoms with Crippen molar-refractivity contribution in [1.82, 2.24) is 14.9 Å². The zero-order valence-corrected chi connectivity index (χ0v) is 17.0. The molecule has 2 heterocycles. The minimum Gasteiger partial charge on any atom is -0.338 e. The predicted molar refractivity (Wildman–Crippen MR) is 107 cm³/mol. The number of halogens is 1. The van der Waals surface area contributed by atoms with Crippen molar-refractivity contribution in [3.63, 3.8) is 0 Å². The largest absolute Gasteiger partial charge is 0.338 e. The van der Waals surface area contributed by atoms with E-state index in [9.17, 15) is 13.2 Å². The highest BCUT2D eigenvalue weighted by atomic mass is 35.5. The molecular formula is C19H17ClN4O4S. The summed E-state index contributed by atoms with van der Waals surface area (Å²) in [6, 6.07) is 11.7. The molecule has 1 aliphatic heterocycles. The number of rotatable bonds is 5. The summed E-state index contributed by atoms with van der Waals surface area (Å²) >= 11 is 5.86. The third kappa shape index (κ3) is 4.02. The number of aromatic nitrogens is 2. The van der Waals surface area contributed by atoms with Crippen molar-refractivity contribution in [2.75, 3.05) is 11.4 Å². The number of nitrogens with one attached hydrogen (secondary N) is 1. The van der Waals surface area contributed by atoms with Crippen molar-refractivity contribution < 1.29 is 17.7 Å². The second kappa shape index (κ2) is 7.58. The van der Waals surface area contributed by atoms with Crippen LogP contribution in [0.4, 0.5) is 5.69 Å². The van der Waals surface area contributed by atoms with E-state index >= 15 is 0 Å². The van der Waals surface area contributed by atoms with E-state index < -0.39 is 10.0 Å². The number of nitrogens with zero attached hydrogens (tertiary/aromatic N) is 3. The molecule has 0 bridgehead atoms. The standard InChI is InChI=1S/C19H17ClN4O4S/c1-12(25)24-9-8-13-4-7-16(10-17(13)24)29(26,27)21-11-18-22-19(23-28-18)14-2-5-15(20)6-3-14/h2-7,10,21H,8-9,11H2,1H3. The Kier molecular flexibility index (Phi) is 5.12. The molecule has 0 aliphatic carbocycles. The van der Waals surface area contributed by atoms with Gasteiger partial charge < -0.3 is 9.42 Å². The van der Waals surface area contributed by atoms with E-state index in [1.807, 2.05) is 0 Å². The van der Waals surface area contributed by atoms with Crippen LogP contribution in [0.15, 0.2) is 51.9 Å². The number of benzene rings is 2. The maximum absolute atomic E-state index is 12.7. The monoisotopic (exact) mass is 432 g/mol. The van der Waals surface area contributed by atoms with Crippen molar-refractivity contribution in [3.8, 4) is 11.4 Å². The highest BCUT2D eigenvalue weighted by molar-refractivity contribution is 7.89. The molecule has 10 heteroatoms. The fourth-order valence-corrected chi connectivity index (χ4v) is 4.26. The third-order valence-corrected chi connectivity index (χ3v) is 6.28. The average molecular weight is 433 g/mol. The lowest BCUT2D eigenvalue weighted by atomic mass is 10.2. The Morgan fingerprint density at radius 1 is 1.24 bits per heavy atom. The molecule has 1 N–H and O–H groups in total. The molecule has 1 aromatic heterocycles. The average Bonchev–Trinajstić information content (AvgIpc) is 3.33. The molecule has 3 aromatic rings. The summed E-state index contributed by atoms with van der Waals surface area (Å²) in [5.74, 6) is 0.349. The van der Waals surface area contributed by atoms with Gasteiger partial charge in [-0.1, -0.05) is 22.8 Å². The van der Waals surface area contributed by atoms with Gasteiger partial charge in [-0.25, -0.2) is 13.1 Å². The fraction of sp³-hybridized carbons (Fsp3) is 0.211. The Balaban J connectivity index is 1.50. The molecule has 8 nitrogen and oxygen atoms in total. The van der Waals surface area contributed by atoms with Crippen LogP contribution >= 0.6 is 11.6 Å². The first-order chi connectivity index (χ1) is 13.8. The van der Waals surface area contributed by atoms with Crippen LogP contribution in [0.1, 0.15) is 18.4 Å². The topological polar surface area (TPSA) is 105 Å². The molecule has 0 atom stereocenters. The Morgan fingerprint density at radius 2 is 2.00 bits per heavy atom. The quantitative estimate of drug-likeness (QED) is 0.664. The predicted octanol–water partition coefficient (Wildman–Crippen LogP) is 2.78. The van der Waals surface area contributed by atoms with Gasteiger partial charge in [0.1, 0.15) is 0 Å². The summed E-state index contributed by atoms with van der Waals surface area (Å²) in [6.07, 6.45) is 0.706. The first-order valence-electron chi connectivity index (χ1n) is 8.83. The Hall–Kier alpha value is -2.75. The van der Waals surface area contributed by atoms with Gasteiger partial charge in [-0.15, -0.1) is 0 Å². The highest BCUT2D eigenvalue weighted by Crippen LogP contribution is 2.30. The summed E-state index contributed by atoms with van der Waals surface area (Å²) in [7, 11) is -3.82. The number of anilines is 1. The van der Waals surface area contributed by atoms with Crippen molar-refractivity contribution in [2.45, 2.75) is 24.8 Å². The number of hydrogen-bond donors (Lipinski definition) is 1. The SMILES string of the molecule is CC(=O)N1CCc2ccc(S(=O)(=O)NCc3nc(-c4ccc(Cl)cc4)no3)cc21. The number of hydrogen-bond acceptors (Lipinski definition) is 6. The molecule has 0 saturated carbocycles. The number of carbonyl (C=O) groups excluding carboxylic acids is 1. The molecule has 4 rings (SSSR count). The lowest BCUT2D eigenvalue weighted by Crippen LogP contribution is -2.27. The molecule has 0 saturated heterocycles. The van der Waals surface area contributed by atoms with Crippen molar-refractivity contribution >= 4 is 33.2 Å². The summed E-state index contributed by atoms with van der Waals surface area (Å²) in [6.45, 7) is 1.86. The van der Waals surface area contributed by atoms with Crippen LogP contribution in [0.3, 0.4) is 0 Å². The van der Waals surface area contributed by atoms with E-state index in [1.54, 1.807) is 35.2 Å². The zero-order chi connectivity index (χ0) is 20.6. The van der Waals surface area contributed by atoms with Gasteiger partial charge in [-0.2, -0.15) is 4.98 Å². The molecule has 1 amide bonds. The van der Waals surface area contributed by atoms with Gasteiger partial charge >= 0.3 is 0 Å². The second-order valence-electron chi connectivity index (χ2n) is 6.55. The van der Waals surface area contributed by atoms with Gasteiger partial charge in [-0.05, 0) is 48.4 Å². The third-order valence-electron chi connectivity index (χ3n) is 4.63. The normalized spacial score (nSPS) is 13.5. The van der Waals surface area contributed by atoms with Gasteiger partial charge in [0.15, 0.2) is 0 Å². The summed E-state index contributed by atoms with van der Waals surface area (Å²) in [4.78, 5) is 17.6. The number of amides is 1. The molecule has 0 spiro atoms. The van der Waals surface area contributed by atoms with Crippen LogP contribution in [0.5, 0.6) is 0 Å². The molecular weight excluding hydrogens is 416 g/mol. The molecule has 1 aliphatic rings. The van der Waals surface area contributed by atoms with Gasteiger partial charge in [0.25, 0.3) is 0 Å². The molecule has 2 aromatic carbocycles. The van der Waals surface area contributed by atoms with E-state index in [-0.39, 0.29) is 23.2 Å². The highest BCUT2D eigenvalue weighted by Gasteiger charge is 2.25.